The Labute approximate surface area is 130 Å². The predicted octanol–water partition coefficient (Wildman–Crippen LogP) is 3.59. The summed E-state index contributed by atoms with van der Waals surface area (Å²) >= 11 is 0. The third-order valence-electron chi connectivity index (χ3n) is 4.89. The first-order chi connectivity index (χ1) is 10.2. The Balaban J connectivity index is 1.81. The summed E-state index contributed by atoms with van der Waals surface area (Å²) in [6.45, 7) is 7.35. The number of aromatic nitrogens is 1. The molecular weight excluding hydrogens is 258 g/mol. The van der Waals surface area contributed by atoms with Crippen molar-refractivity contribution in [1.82, 2.24) is 15.2 Å². The summed E-state index contributed by atoms with van der Waals surface area (Å²) < 4.78 is 0. The van der Waals surface area contributed by atoms with Crippen LogP contribution in [0.25, 0.3) is 0 Å². The first-order valence-electron chi connectivity index (χ1n) is 8.57. The molecule has 2 rings (SSSR count). The molecule has 0 aromatic carbocycles. The van der Waals surface area contributed by atoms with Gasteiger partial charge in [-0.3, -0.25) is 9.88 Å². The monoisotopic (exact) mass is 289 g/mol. The van der Waals surface area contributed by atoms with Gasteiger partial charge in [0.1, 0.15) is 0 Å². The molecule has 0 amide bonds. The minimum Gasteiger partial charge on any atom is -0.313 e. The van der Waals surface area contributed by atoms with Gasteiger partial charge in [0.15, 0.2) is 0 Å². The second-order valence-corrected chi connectivity index (χ2v) is 6.44. The second-order valence-electron chi connectivity index (χ2n) is 6.44. The molecule has 1 N–H and O–H groups in total. The van der Waals surface area contributed by atoms with Gasteiger partial charge in [0.2, 0.25) is 0 Å². The van der Waals surface area contributed by atoms with Crippen LogP contribution in [0, 0.1) is 5.92 Å². The summed E-state index contributed by atoms with van der Waals surface area (Å²) in [5, 5.41) is 3.34. The lowest BCUT2D eigenvalue weighted by Gasteiger charge is -2.34. The van der Waals surface area contributed by atoms with E-state index >= 15 is 0 Å². The molecule has 3 heteroatoms. The van der Waals surface area contributed by atoms with Crippen LogP contribution >= 0.6 is 0 Å². The van der Waals surface area contributed by atoms with Crippen LogP contribution in [-0.4, -0.2) is 29.5 Å². The number of rotatable bonds is 7. The maximum absolute atomic E-state index is 4.62. The zero-order chi connectivity index (χ0) is 15.1. The average Bonchev–Trinajstić information content (AvgIpc) is 2.54. The van der Waals surface area contributed by atoms with E-state index in [1.165, 1.54) is 43.4 Å². The Bertz CT molecular complexity index is 393. The highest BCUT2D eigenvalue weighted by atomic mass is 15.1. The molecule has 1 fully saturated rings. The van der Waals surface area contributed by atoms with Gasteiger partial charge in [-0.1, -0.05) is 26.3 Å². The lowest BCUT2D eigenvalue weighted by molar-refractivity contribution is 0.156. The average molecular weight is 289 g/mol. The van der Waals surface area contributed by atoms with Crippen molar-refractivity contribution in [3.63, 3.8) is 0 Å². The van der Waals surface area contributed by atoms with E-state index in [-0.39, 0.29) is 0 Å². The predicted molar refractivity (Wildman–Crippen MR) is 89.1 cm³/mol. The molecule has 0 atom stereocenters. The molecule has 21 heavy (non-hydrogen) atoms. The largest absolute Gasteiger partial charge is 0.313 e. The summed E-state index contributed by atoms with van der Waals surface area (Å²) in [7, 11) is 2.26. The van der Waals surface area contributed by atoms with Crippen LogP contribution in [-0.2, 0) is 13.1 Å². The Morgan fingerprint density at radius 3 is 2.52 bits per heavy atom. The Morgan fingerprint density at radius 2 is 1.95 bits per heavy atom. The second kappa shape index (κ2) is 8.50. The van der Waals surface area contributed by atoms with Crippen molar-refractivity contribution in [2.45, 2.75) is 65.1 Å². The molecular formula is C18H31N3. The van der Waals surface area contributed by atoms with Crippen LogP contribution in [0.4, 0.5) is 0 Å². The van der Waals surface area contributed by atoms with Gasteiger partial charge in [0, 0.05) is 25.3 Å². The summed E-state index contributed by atoms with van der Waals surface area (Å²) in [5.74, 6) is 0.970. The van der Waals surface area contributed by atoms with Gasteiger partial charge >= 0.3 is 0 Å². The first-order valence-corrected chi connectivity index (χ1v) is 8.57. The Morgan fingerprint density at radius 1 is 1.19 bits per heavy atom. The fraction of sp³-hybridized carbons (Fsp3) is 0.722. The molecule has 0 radical (unpaired) electrons. The van der Waals surface area contributed by atoms with Gasteiger partial charge in [-0.15, -0.1) is 0 Å². The Kier molecular flexibility index (Phi) is 6.65. The zero-order valence-corrected chi connectivity index (χ0v) is 13.9. The molecule has 118 valence electrons. The van der Waals surface area contributed by atoms with Gasteiger partial charge in [-0.25, -0.2) is 0 Å². The fourth-order valence-electron chi connectivity index (χ4n) is 3.30. The van der Waals surface area contributed by atoms with Gasteiger partial charge in [0.25, 0.3) is 0 Å². The van der Waals surface area contributed by atoms with Crippen LogP contribution < -0.4 is 5.32 Å². The van der Waals surface area contributed by atoms with Crippen molar-refractivity contribution in [1.29, 1.82) is 0 Å². The number of hydrogen-bond acceptors (Lipinski definition) is 3. The van der Waals surface area contributed by atoms with Crippen LogP contribution in [0.2, 0.25) is 0 Å². The molecule has 0 spiro atoms. The summed E-state index contributed by atoms with van der Waals surface area (Å²) in [5.41, 5.74) is 2.46. The highest BCUT2D eigenvalue weighted by Crippen LogP contribution is 2.29. The lowest BCUT2D eigenvalue weighted by Crippen LogP contribution is -2.34. The van der Waals surface area contributed by atoms with Crippen LogP contribution in [0.1, 0.15) is 57.2 Å². The topological polar surface area (TPSA) is 28.2 Å². The SMILES string of the molecule is CCNCc1ccc(CN(C)C2CCC(CC)CC2)nc1. The van der Waals surface area contributed by atoms with E-state index < -0.39 is 0 Å². The number of hydrogen-bond donors (Lipinski definition) is 1. The molecule has 1 heterocycles. The van der Waals surface area contributed by atoms with E-state index in [1.807, 2.05) is 6.20 Å². The van der Waals surface area contributed by atoms with Gasteiger partial charge in [-0.05, 0) is 56.8 Å². The van der Waals surface area contributed by atoms with Crippen LogP contribution in [0.15, 0.2) is 18.3 Å². The third-order valence-corrected chi connectivity index (χ3v) is 4.89. The fourth-order valence-corrected chi connectivity index (χ4v) is 3.30. The van der Waals surface area contributed by atoms with Gasteiger partial charge < -0.3 is 5.32 Å². The van der Waals surface area contributed by atoms with E-state index in [9.17, 15) is 0 Å². The van der Waals surface area contributed by atoms with Crippen molar-refractivity contribution in [3.8, 4) is 0 Å². The third kappa shape index (κ3) is 5.08. The summed E-state index contributed by atoms with van der Waals surface area (Å²) in [6.07, 6.45) is 8.88. The summed E-state index contributed by atoms with van der Waals surface area (Å²) in [4.78, 5) is 7.11. The van der Waals surface area contributed by atoms with E-state index in [2.05, 4.69) is 48.2 Å². The van der Waals surface area contributed by atoms with Crippen LogP contribution in [0.3, 0.4) is 0 Å². The quantitative estimate of drug-likeness (QED) is 0.831. The molecule has 1 aliphatic carbocycles. The molecule has 0 aliphatic heterocycles. The molecule has 1 aromatic heterocycles. The first kappa shape index (κ1) is 16.4. The van der Waals surface area contributed by atoms with Gasteiger partial charge in [0.05, 0.1) is 5.69 Å². The van der Waals surface area contributed by atoms with E-state index in [0.29, 0.717) is 0 Å². The number of nitrogens with one attached hydrogen (secondary N) is 1. The van der Waals surface area contributed by atoms with Crippen molar-refractivity contribution < 1.29 is 0 Å². The molecule has 1 saturated carbocycles. The van der Waals surface area contributed by atoms with E-state index in [4.69, 9.17) is 0 Å². The minimum atomic E-state index is 0.746. The molecule has 0 unspecified atom stereocenters. The zero-order valence-electron chi connectivity index (χ0n) is 13.9. The summed E-state index contributed by atoms with van der Waals surface area (Å²) in [6, 6.07) is 5.13. The van der Waals surface area contributed by atoms with Gasteiger partial charge in [-0.2, -0.15) is 0 Å². The van der Waals surface area contributed by atoms with Crippen molar-refractivity contribution in [3.05, 3.63) is 29.6 Å². The van der Waals surface area contributed by atoms with E-state index in [1.54, 1.807) is 0 Å². The van der Waals surface area contributed by atoms with Crippen LogP contribution in [0.5, 0.6) is 0 Å². The highest BCUT2D eigenvalue weighted by molar-refractivity contribution is 5.14. The van der Waals surface area contributed by atoms with Crippen molar-refractivity contribution >= 4 is 0 Å². The van der Waals surface area contributed by atoms with E-state index in [0.717, 1.165) is 31.6 Å². The smallest absolute Gasteiger partial charge is 0.0544 e. The molecule has 3 nitrogen and oxygen atoms in total. The molecule has 1 aromatic rings. The lowest BCUT2D eigenvalue weighted by atomic mass is 9.84. The Hall–Kier alpha value is -0.930. The maximum Gasteiger partial charge on any atom is 0.0544 e. The highest BCUT2D eigenvalue weighted by Gasteiger charge is 2.23. The maximum atomic E-state index is 4.62. The normalized spacial score (nSPS) is 22.7. The molecule has 1 aliphatic rings. The molecule has 0 saturated heterocycles. The van der Waals surface area contributed by atoms with Crippen molar-refractivity contribution in [2.75, 3.05) is 13.6 Å². The number of nitrogens with zero attached hydrogens (tertiary/aromatic N) is 2. The minimum absolute atomic E-state index is 0.746. The molecule has 0 bridgehead atoms. The standard InChI is InChI=1S/C18H31N3/c1-4-15-7-10-18(11-8-15)21(3)14-17-9-6-16(13-20-17)12-19-5-2/h6,9,13,15,18-19H,4-5,7-8,10-12,14H2,1-3H3. The van der Waals surface area contributed by atoms with Crippen molar-refractivity contribution in [2.24, 2.45) is 5.92 Å². The number of pyridine rings is 1.